The van der Waals surface area contributed by atoms with Crippen LogP contribution in [0.4, 0.5) is 0 Å². The number of hydrogen-bond acceptors (Lipinski definition) is 1. The number of hydrogen-bond donors (Lipinski definition) is 1. The summed E-state index contributed by atoms with van der Waals surface area (Å²) in [5.41, 5.74) is 1.39. The lowest BCUT2D eigenvalue weighted by molar-refractivity contribution is 0.306. The van der Waals surface area contributed by atoms with E-state index in [4.69, 9.17) is 11.6 Å². The topological polar surface area (TPSA) is 12.0 Å². The Morgan fingerprint density at radius 2 is 2.29 bits per heavy atom. The third kappa shape index (κ3) is 3.24. The van der Waals surface area contributed by atoms with E-state index >= 15 is 0 Å². The van der Waals surface area contributed by atoms with Crippen LogP contribution in [0.25, 0.3) is 0 Å². The highest BCUT2D eigenvalue weighted by Crippen LogP contribution is 2.38. The van der Waals surface area contributed by atoms with Crippen molar-refractivity contribution in [3.63, 3.8) is 0 Å². The lowest BCUT2D eigenvalue weighted by Crippen LogP contribution is -2.35. The molecule has 2 rings (SSSR count). The van der Waals surface area contributed by atoms with E-state index in [-0.39, 0.29) is 0 Å². The third-order valence-electron chi connectivity index (χ3n) is 3.62. The lowest BCUT2D eigenvalue weighted by atomic mass is 9.79. The van der Waals surface area contributed by atoms with Crippen LogP contribution < -0.4 is 5.32 Å². The van der Waals surface area contributed by atoms with E-state index in [1.54, 1.807) is 0 Å². The molecule has 0 aliphatic carbocycles. The Bertz CT molecular complexity index is 378. The van der Waals surface area contributed by atoms with Crippen LogP contribution in [0, 0.1) is 5.92 Å². The predicted molar refractivity (Wildman–Crippen MR) is 77.8 cm³/mol. The SMILES string of the molecule is CCCC1CNCCC1c1cc(Cl)ccc1Br. The molecule has 1 aliphatic rings. The molecule has 0 saturated carbocycles. The highest BCUT2D eigenvalue weighted by atomic mass is 79.9. The van der Waals surface area contributed by atoms with Crippen molar-refractivity contribution in [2.45, 2.75) is 32.1 Å². The maximum absolute atomic E-state index is 6.12. The molecule has 1 heterocycles. The quantitative estimate of drug-likeness (QED) is 0.859. The van der Waals surface area contributed by atoms with Gasteiger partial charge in [-0.1, -0.05) is 40.9 Å². The van der Waals surface area contributed by atoms with Gasteiger partial charge in [0.2, 0.25) is 0 Å². The molecule has 2 atom stereocenters. The second-order valence-corrected chi connectivity index (χ2v) is 6.10. The summed E-state index contributed by atoms with van der Waals surface area (Å²) in [7, 11) is 0. The largest absolute Gasteiger partial charge is 0.316 e. The lowest BCUT2D eigenvalue weighted by Gasteiger charge is -2.33. The second kappa shape index (κ2) is 6.21. The molecular weight excluding hydrogens is 298 g/mol. The highest BCUT2D eigenvalue weighted by Gasteiger charge is 2.27. The van der Waals surface area contributed by atoms with E-state index in [0.717, 1.165) is 24.0 Å². The highest BCUT2D eigenvalue weighted by molar-refractivity contribution is 9.10. The predicted octanol–water partition coefficient (Wildman–Crippen LogP) is 4.60. The van der Waals surface area contributed by atoms with E-state index in [9.17, 15) is 0 Å². The maximum atomic E-state index is 6.12. The molecule has 0 amide bonds. The number of rotatable bonds is 3. The summed E-state index contributed by atoms with van der Waals surface area (Å²) in [6.07, 6.45) is 3.75. The average molecular weight is 317 g/mol. The normalized spacial score (nSPS) is 24.9. The second-order valence-electron chi connectivity index (χ2n) is 4.81. The van der Waals surface area contributed by atoms with Gasteiger partial charge in [-0.05, 0) is 61.5 Å². The molecule has 1 aromatic carbocycles. The summed E-state index contributed by atoms with van der Waals surface area (Å²) in [5.74, 6) is 1.38. The summed E-state index contributed by atoms with van der Waals surface area (Å²) >= 11 is 9.79. The van der Waals surface area contributed by atoms with Crippen molar-refractivity contribution < 1.29 is 0 Å². The van der Waals surface area contributed by atoms with Gasteiger partial charge in [-0.15, -0.1) is 0 Å². The fourth-order valence-electron chi connectivity index (χ4n) is 2.81. The molecule has 0 bridgehead atoms. The zero-order valence-corrected chi connectivity index (χ0v) is 12.5. The molecule has 1 nitrogen and oxygen atoms in total. The Kier molecular flexibility index (Phi) is 4.89. The molecule has 17 heavy (non-hydrogen) atoms. The first kappa shape index (κ1) is 13.4. The van der Waals surface area contributed by atoms with Gasteiger partial charge in [-0.25, -0.2) is 0 Å². The minimum Gasteiger partial charge on any atom is -0.316 e. The number of benzene rings is 1. The average Bonchev–Trinajstić information content (AvgIpc) is 2.34. The molecule has 1 saturated heterocycles. The molecular formula is C14H19BrClN. The molecule has 2 unspecified atom stereocenters. The summed E-state index contributed by atoms with van der Waals surface area (Å²) in [4.78, 5) is 0. The first-order valence-electron chi connectivity index (χ1n) is 6.38. The van der Waals surface area contributed by atoms with E-state index in [1.807, 2.05) is 6.07 Å². The van der Waals surface area contributed by atoms with Crippen LogP contribution in [-0.4, -0.2) is 13.1 Å². The first-order chi connectivity index (χ1) is 8.22. The van der Waals surface area contributed by atoms with Gasteiger partial charge < -0.3 is 5.32 Å². The van der Waals surface area contributed by atoms with Gasteiger partial charge in [0, 0.05) is 9.50 Å². The van der Waals surface area contributed by atoms with Crippen LogP contribution in [-0.2, 0) is 0 Å². The molecule has 1 aliphatic heterocycles. The van der Waals surface area contributed by atoms with Crippen LogP contribution >= 0.6 is 27.5 Å². The summed E-state index contributed by atoms with van der Waals surface area (Å²) in [6.45, 7) is 4.51. The van der Waals surface area contributed by atoms with Gasteiger partial charge >= 0.3 is 0 Å². The van der Waals surface area contributed by atoms with Crippen LogP contribution in [0.3, 0.4) is 0 Å². The van der Waals surface area contributed by atoms with Crippen LogP contribution in [0.15, 0.2) is 22.7 Å². The van der Waals surface area contributed by atoms with Crippen LogP contribution in [0.1, 0.15) is 37.7 Å². The fraction of sp³-hybridized carbons (Fsp3) is 0.571. The van der Waals surface area contributed by atoms with Gasteiger partial charge in [0.25, 0.3) is 0 Å². The first-order valence-corrected chi connectivity index (χ1v) is 7.55. The third-order valence-corrected chi connectivity index (χ3v) is 4.58. The summed E-state index contributed by atoms with van der Waals surface area (Å²) in [6, 6.07) is 6.15. The standard InChI is InChI=1S/C14H19BrClN/c1-2-3-10-9-17-7-6-12(10)13-8-11(16)4-5-14(13)15/h4-5,8,10,12,17H,2-3,6-7,9H2,1H3. The maximum Gasteiger partial charge on any atom is 0.0409 e. The van der Waals surface area contributed by atoms with Crippen molar-refractivity contribution >= 4 is 27.5 Å². The zero-order chi connectivity index (χ0) is 12.3. The monoisotopic (exact) mass is 315 g/mol. The van der Waals surface area contributed by atoms with Gasteiger partial charge in [0.05, 0.1) is 0 Å². The Morgan fingerprint density at radius 3 is 3.06 bits per heavy atom. The van der Waals surface area contributed by atoms with Crippen molar-refractivity contribution in [1.29, 1.82) is 0 Å². The van der Waals surface area contributed by atoms with Crippen molar-refractivity contribution in [3.05, 3.63) is 33.3 Å². The van der Waals surface area contributed by atoms with Crippen molar-refractivity contribution in [2.75, 3.05) is 13.1 Å². The van der Waals surface area contributed by atoms with Crippen molar-refractivity contribution in [2.24, 2.45) is 5.92 Å². The molecule has 1 fully saturated rings. The number of piperidine rings is 1. The van der Waals surface area contributed by atoms with Crippen molar-refractivity contribution in [1.82, 2.24) is 5.32 Å². The van der Waals surface area contributed by atoms with E-state index < -0.39 is 0 Å². The molecule has 0 spiro atoms. The number of nitrogens with one attached hydrogen (secondary N) is 1. The summed E-state index contributed by atoms with van der Waals surface area (Å²) < 4.78 is 1.20. The molecule has 1 aromatic rings. The van der Waals surface area contributed by atoms with Gasteiger partial charge in [-0.2, -0.15) is 0 Å². The van der Waals surface area contributed by atoms with Gasteiger partial charge in [0.1, 0.15) is 0 Å². The van der Waals surface area contributed by atoms with Crippen LogP contribution in [0.2, 0.25) is 5.02 Å². The van der Waals surface area contributed by atoms with E-state index in [0.29, 0.717) is 5.92 Å². The number of halogens is 2. The van der Waals surface area contributed by atoms with Gasteiger partial charge in [0.15, 0.2) is 0 Å². The van der Waals surface area contributed by atoms with Gasteiger partial charge in [-0.3, -0.25) is 0 Å². The zero-order valence-electron chi connectivity index (χ0n) is 10.2. The minimum absolute atomic E-state index is 0.643. The van der Waals surface area contributed by atoms with Crippen molar-refractivity contribution in [3.8, 4) is 0 Å². The molecule has 94 valence electrons. The van der Waals surface area contributed by atoms with E-state index in [1.165, 1.54) is 29.3 Å². The van der Waals surface area contributed by atoms with E-state index in [2.05, 4.69) is 40.3 Å². The van der Waals surface area contributed by atoms with Crippen LogP contribution in [0.5, 0.6) is 0 Å². The molecule has 3 heteroatoms. The Hall–Kier alpha value is -0.0500. The smallest absolute Gasteiger partial charge is 0.0409 e. The molecule has 1 N–H and O–H groups in total. The Balaban J connectivity index is 2.25. The fourth-order valence-corrected chi connectivity index (χ4v) is 3.53. The minimum atomic E-state index is 0.643. The Morgan fingerprint density at radius 1 is 1.47 bits per heavy atom. The molecule has 0 aromatic heterocycles. The molecule has 0 radical (unpaired) electrons. The summed E-state index contributed by atoms with van der Waals surface area (Å²) in [5, 5.41) is 4.35. The Labute approximate surface area is 117 Å².